The van der Waals surface area contributed by atoms with Gasteiger partial charge in [-0.1, -0.05) is 29.8 Å². The molecule has 0 spiro atoms. The van der Waals surface area contributed by atoms with E-state index in [1.165, 1.54) is 7.11 Å². The van der Waals surface area contributed by atoms with Gasteiger partial charge in [0.15, 0.2) is 16.6 Å². The predicted molar refractivity (Wildman–Crippen MR) is 114 cm³/mol. The molecule has 1 N–H and O–H groups in total. The number of allylic oxidation sites excluding steroid dienone is 1. The topological polar surface area (TPSA) is 60.0 Å². The van der Waals surface area contributed by atoms with Crippen molar-refractivity contribution >= 4 is 29.0 Å². The number of carbonyl (C=O) groups is 1. The fourth-order valence-electron chi connectivity index (χ4n) is 3.61. The number of nitrogens with one attached hydrogen (secondary N) is 1. The Balaban J connectivity index is 1.80. The van der Waals surface area contributed by atoms with Gasteiger partial charge in [0.05, 0.1) is 24.4 Å². The smallest absolute Gasteiger partial charge is 0.337 e. The maximum atomic E-state index is 12.7. The lowest BCUT2D eigenvalue weighted by atomic mass is 9.94. The van der Waals surface area contributed by atoms with E-state index in [4.69, 9.17) is 26.4 Å². The van der Waals surface area contributed by atoms with Gasteiger partial charge in [0, 0.05) is 11.8 Å². The molecule has 0 aromatic heterocycles. The summed E-state index contributed by atoms with van der Waals surface area (Å²) in [5.41, 5.74) is 4.10. The van der Waals surface area contributed by atoms with Gasteiger partial charge in [-0.15, -0.1) is 0 Å². The van der Waals surface area contributed by atoms with Crippen molar-refractivity contribution in [2.24, 2.45) is 0 Å². The van der Waals surface area contributed by atoms with Crippen LogP contribution in [-0.4, -0.2) is 31.4 Å². The van der Waals surface area contributed by atoms with Gasteiger partial charge in [-0.2, -0.15) is 0 Å². The highest BCUT2D eigenvalue weighted by molar-refractivity contribution is 7.80. The Morgan fingerprint density at radius 1 is 1.10 bits per heavy atom. The lowest BCUT2D eigenvalue weighted by Gasteiger charge is -2.37. The van der Waals surface area contributed by atoms with Gasteiger partial charge < -0.3 is 19.5 Å². The summed E-state index contributed by atoms with van der Waals surface area (Å²) in [7, 11) is 1.39. The maximum absolute atomic E-state index is 12.7. The van der Waals surface area contributed by atoms with E-state index in [9.17, 15) is 4.79 Å². The third kappa shape index (κ3) is 3.53. The molecule has 2 aliphatic heterocycles. The molecule has 0 amide bonds. The highest BCUT2D eigenvalue weighted by atomic mass is 32.1. The van der Waals surface area contributed by atoms with E-state index >= 15 is 0 Å². The molecule has 0 fully saturated rings. The first kappa shape index (κ1) is 19.3. The minimum absolute atomic E-state index is 0.385. The summed E-state index contributed by atoms with van der Waals surface area (Å²) in [4.78, 5) is 14.5. The van der Waals surface area contributed by atoms with Gasteiger partial charge in [0.25, 0.3) is 0 Å². The van der Waals surface area contributed by atoms with Crippen LogP contribution in [0.5, 0.6) is 11.5 Å². The molecule has 0 aliphatic carbocycles. The molecule has 2 aromatic rings. The quantitative estimate of drug-likeness (QED) is 0.612. The number of nitrogens with zero attached hydrogens (tertiary/aromatic N) is 1. The van der Waals surface area contributed by atoms with Gasteiger partial charge in [0.1, 0.15) is 13.2 Å². The average molecular weight is 410 g/mol. The van der Waals surface area contributed by atoms with Crippen LogP contribution >= 0.6 is 12.2 Å². The number of esters is 1. The number of fused-ring (bicyclic) bond motifs is 1. The number of hydrogen-bond acceptors (Lipinski definition) is 5. The second-order valence-electron chi connectivity index (χ2n) is 6.95. The zero-order chi connectivity index (χ0) is 20.5. The Labute approximate surface area is 175 Å². The van der Waals surface area contributed by atoms with Crippen LogP contribution in [0.3, 0.4) is 0 Å². The van der Waals surface area contributed by atoms with Crippen LogP contribution in [-0.2, 0) is 9.53 Å². The second-order valence-corrected chi connectivity index (χ2v) is 7.33. The molecule has 6 nitrogen and oxygen atoms in total. The summed E-state index contributed by atoms with van der Waals surface area (Å²) < 4.78 is 16.4. The Morgan fingerprint density at radius 3 is 2.48 bits per heavy atom. The van der Waals surface area contributed by atoms with Gasteiger partial charge in [0.2, 0.25) is 0 Å². The standard InChI is InChI=1S/C22H22N2O4S/c1-13-4-6-15(7-5-13)20-19(21(25)26-3)14(2)24(22(29)23-20)16-8-9-17-18(12-16)28-11-10-27-17/h4-9,12,20H,10-11H2,1-3H3,(H,23,29). The summed E-state index contributed by atoms with van der Waals surface area (Å²) in [5.74, 6) is 0.957. The molecular weight excluding hydrogens is 388 g/mol. The van der Waals surface area contributed by atoms with Crippen molar-refractivity contribution in [2.75, 3.05) is 25.2 Å². The van der Waals surface area contributed by atoms with E-state index in [1.807, 2.05) is 61.2 Å². The normalized spacial score (nSPS) is 18.4. The number of aryl methyl sites for hydroxylation is 1. The third-order valence-corrected chi connectivity index (χ3v) is 5.39. The van der Waals surface area contributed by atoms with Gasteiger partial charge in [-0.25, -0.2) is 4.79 Å². The molecule has 0 saturated heterocycles. The molecule has 29 heavy (non-hydrogen) atoms. The van der Waals surface area contributed by atoms with Crippen LogP contribution in [0.25, 0.3) is 0 Å². The summed E-state index contributed by atoms with van der Waals surface area (Å²) in [6.07, 6.45) is 0. The maximum Gasteiger partial charge on any atom is 0.337 e. The fraction of sp³-hybridized carbons (Fsp3) is 0.273. The fourth-order valence-corrected chi connectivity index (χ4v) is 3.97. The van der Waals surface area contributed by atoms with Crippen LogP contribution in [0.15, 0.2) is 53.7 Å². The first-order chi connectivity index (χ1) is 14.0. The molecule has 0 bridgehead atoms. The van der Waals surface area contributed by atoms with E-state index in [-0.39, 0.29) is 6.04 Å². The zero-order valence-electron chi connectivity index (χ0n) is 16.5. The van der Waals surface area contributed by atoms with Crippen LogP contribution < -0.4 is 19.7 Å². The van der Waals surface area contributed by atoms with Crippen LogP contribution in [0.4, 0.5) is 5.69 Å². The molecule has 1 atom stereocenters. The molecule has 150 valence electrons. The van der Waals surface area contributed by atoms with Gasteiger partial charge in [-0.05, 0) is 43.8 Å². The summed E-state index contributed by atoms with van der Waals surface area (Å²) >= 11 is 5.68. The Bertz CT molecular complexity index is 1000. The molecule has 0 saturated carbocycles. The monoisotopic (exact) mass is 410 g/mol. The highest BCUT2D eigenvalue weighted by Crippen LogP contribution is 2.38. The van der Waals surface area contributed by atoms with Crippen molar-refractivity contribution in [3.05, 3.63) is 64.9 Å². The number of thiocarbonyl (C=S) groups is 1. The number of anilines is 1. The van der Waals surface area contributed by atoms with E-state index in [0.717, 1.165) is 16.8 Å². The number of ether oxygens (including phenoxy) is 3. The third-order valence-electron chi connectivity index (χ3n) is 5.08. The number of carbonyl (C=O) groups excluding carboxylic acids is 1. The zero-order valence-corrected chi connectivity index (χ0v) is 17.3. The van der Waals surface area contributed by atoms with Crippen LogP contribution in [0.1, 0.15) is 24.1 Å². The summed E-state index contributed by atoms with van der Waals surface area (Å²) in [5, 5.41) is 3.80. The highest BCUT2D eigenvalue weighted by Gasteiger charge is 2.35. The number of hydrogen-bond donors (Lipinski definition) is 1. The first-order valence-corrected chi connectivity index (χ1v) is 9.76. The Kier molecular flexibility index (Phi) is 5.15. The van der Waals surface area contributed by atoms with Crippen molar-refractivity contribution in [3.8, 4) is 11.5 Å². The largest absolute Gasteiger partial charge is 0.486 e. The Hall–Kier alpha value is -3.06. The average Bonchev–Trinajstić information content (AvgIpc) is 2.73. The van der Waals surface area contributed by atoms with Crippen LogP contribution in [0, 0.1) is 6.92 Å². The lowest BCUT2D eigenvalue weighted by molar-refractivity contribution is -0.136. The summed E-state index contributed by atoms with van der Waals surface area (Å²) in [6.45, 7) is 4.92. The molecule has 7 heteroatoms. The predicted octanol–water partition coefficient (Wildman–Crippen LogP) is 3.65. The van der Waals surface area contributed by atoms with E-state index in [2.05, 4.69) is 5.32 Å². The van der Waals surface area contributed by atoms with Crippen molar-refractivity contribution in [1.29, 1.82) is 0 Å². The molecule has 0 radical (unpaired) electrons. The minimum Gasteiger partial charge on any atom is -0.486 e. The Morgan fingerprint density at radius 2 is 1.79 bits per heavy atom. The minimum atomic E-state index is -0.398. The molecule has 4 rings (SSSR count). The molecule has 1 unspecified atom stereocenters. The second kappa shape index (κ2) is 7.75. The van der Waals surface area contributed by atoms with E-state index < -0.39 is 5.97 Å². The van der Waals surface area contributed by atoms with Gasteiger partial charge in [-0.3, -0.25) is 4.90 Å². The van der Waals surface area contributed by atoms with Crippen molar-refractivity contribution in [2.45, 2.75) is 19.9 Å². The molecule has 2 aliphatic rings. The first-order valence-electron chi connectivity index (χ1n) is 9.35. The molecule has 2 aromatic carbocycles. The van der Waals surface area contributed by atoms with Crippen molar-refractivity contribution < 1.29 is 19.0 Å². The summed E-state index contributed by atoms with van der Waals surface area (Å²) in [6, 6.07) is 13.2. The van der Waals surface area contributed by atoms with Crippen molar-refractivity contribution in [3.63, 3.8) is 0 Å². The number of rotatable bonds is 3. The molecule has 2 heterocycles. The van der Waals surface area contributed by atoms with Crippen molar-refractivity contribution in [1.82, 2.24) is 5.32 Å². The van der Waals surface area contributed by atoms with Crippen LogP contribution in [0.2, 0.25) is 0 Å². The SMILES string of the molecule is COC(=O)C1=C(C)N(c2ccc3c(c2)OCCO3)C(=S)NC1c1ccc(C)cc1. The number of methoxy groups -OCH3 is 1. The van der Waals surface area contributed by atoms with E-state index in [1.54, 1.807) is 0 Å². The van der Waals surface area contributed by atoms with E-state index in [0.29, 0.717) is 41.1 Å². The van der Waals surface area contributed by atoms with Gasteiger partial charge >= 0.3 is 5.97 Å². The molecular formula is C22H22N2O4S. The lowest BCUT2D eigenvalue weighted by Crippen LogP contribution is -2.48. The number of benzene rings is 2.